The molecule has 18 heavy (non-hydrogen) atoms. The zero-order chi connectivity index (χ0) is 13.6. The first-order valence-corrected chi connectivity index (χ1v) is 6.35. The molecule has 0 amide bonds. The number of nitrogens with two attached hydrogens (primary N) is 1. The summed E-state index contributed by atoms with van der Waals surface area (Å²) in [7, 11) is 0. The number of ether oxygens (including phenoxy) is 1. The third-order valence-corrected chi connectivity index (χ3v) is 2.93. The smallest absolute Gasteiger partial charge is 0.122 e. The summed E-state index contributed by atoms with van der Waals surface area (Å²) >= 11 is 0. The molecule has 0 aliphatic rings. The highest BCUT2D eigenvalue weighted by Crippen LogP contribution is 2.19. The van der Waals surface area contributed by atoms with Crippen LogP contribution < -0.4 is 10.5 Å². The molecule has 1 aromatic rings. The van der Waals surface area contributed by atoms with E-state index in [0.29, 0.717) is 13.0 Å². The van der Waals surface area contributed by atoms with Crippen LogP contribution in [0.4, 0.5) is 0 Å². The average molecular weight is 246 g/mol. The summed E-state index contributed by atoms with van der Waals surface area (Å²) < 4.78 is 5.72. The number of hydrogen-bond donors (Lipinski definition) is 1. The van der Waals surface area contributed by atoms with Gasteiger partial charge < -0.3 is 10.5 Å². The van der Waals surface area contributed by atoms with Crippen LogP contribution in [0, 0.1) is 25.2 Å². The molecular weight excluding hydrogens is 224 g/mol. The molecule has 0 heterocycles. The van der Waals surface area contributed by atoms with Gasteiger partial charge in [-0.15, -0.1) is 0 Å². The lowest BCUT2D eigenvalue weighted by Gasteiger charge is -2.15. The van der Waals surface area contributed by atoms with E-state index in [1.165, 1.54) is 5.56 Å². The molecule has 1 rings (SSSR count). The fraction of sp³-hybridized carbons (Fsp3) is 0.533. The molecule has 0 aromatic heterocycles. The van der Waals surface area contributed by atoms with Crippen molar-refractivity contribution in [2.75, 3.05) is 6.61 Å². The van der Waals surface area contributed by atoms with Gasteiger partial charge in [0.05, 0.1) is 12.7 Å². The van der Waals surface area contributed by atoms with Crippen LogP contribution >= 0.6 is 0 Å². The van der Waals surface area contributed by atoms with Gasteiger partial charge >= 0.3 is 0 Å². The second-order valence-electron chi connectivity index (χ2n) is 5.10. The van der Waals surface area contributed by atoms with Gasteiger partial charge in [0.2, 0.25) is 0 Å². The highest BCUT2D eigenvalue weighted by Gasteiger charge is 2.15. The lowest BCUT2D eigenvalue weighted by molar-refractivity contribution is 0.299. The SMILES string of the molecule is Cc1ccc(OCCCCC(C)(N)C#N)c(C)c1. The first-order chi connectivity index (χ1) is 8.44. The predicted molar refractivity (Wildman–Crippen MR) is 73.5 cm³/mol. The van der Waals surface area contributed by atoms with Gasteiger partial charge in [-0.1, -0.05) is 17.7 Å². The summed E-state index contributed by atoms with van der Waals surface area (Å²) in [6, 6.07) is 8.27. The van der Waals surface area contributed by atoms with Crippen molar-refractivity contribution in [2.24, 2.45) is 5.73 Å². The Bertz CT molecular complexity index is 433. The summed E-state index contributed by atoms with van der Waals surface area (Å²) in [6.07, 6.45) is 2.53. The van der Waals surface area contributed by atoms with Crippen molar-refractivity contribution in [1.29, 1.82) is 5.26 Å². The van der Waals surface area contributed by atoms with E-state index in [-0.39, 0.29) is 0 Å². The van der Waals surface area contributed by atoms with Gasteiger partial charge in [0, 0.05) is 0 Å². The van der Waals surface area contributed by atoms with Crippen LogP contribution in [-0.4, -0.2) is 12.1 Å². The lowest BCUT2D eigenvalue weighted by atomic mass is 9.98. The number of nitriles is 1. The van der Waals surface area contributed by atoms with E-state index >= 15 is 0 Å². The van der Waals surface area contributed by atoms with Crippen LogP contribution in [0.1, 0.15) is 37.3 Å². The van der Waals surface area contributed by atoms with Gasteiger partial charge in [-0.2, -0.15) is 5.26 Å². The van der Waals surface area contributed by atoms with E-state index in [1.807, 2.05) is 6.07 Å². The number of rotatable bonds is 6. The molecule has 1 unspecified atom stereocenters. The number of hydrogen-bond acceptors (Lipinski definition) is 3. The topological polar surface area (TPSA) is 59.0 Å². The molecule has 0 saturated carbocycles. The summed E-state index contributed by atoms with van der Waals surface area (Å²) in [5.74, 6) is 0.941. The zero-order valence-corrected chi connectivity index (χ0v) is 11.5. The lowest BCUT2D eigenvalue weighted by Crippen LogP contribution is -2.33. The monoisotopic (exact) mass is 246 g/mol. The second kappa shape index (κ2) is 6.42. The fourth-order valence-electron chi connectivity index (χ4n) is 1.79. The number of unbranched alkanes of at least 4 members (excludes halogenated alkanes) is 1. The molecule has 0 aliphatic carbocycles. The van der Waals surface area contributed by atoms with Crippen molar-refractivity contribution in [2.45, 2.75) is 45.6 Å². The van der Waals surface area contributed by atoms with Gasteiger partial charge in [0.15, 0.2) is 0 Å². The summed E-state index contributed by atoms with van der Waals surface area (Å²) in [6.45, 7) is 6.55. The van der Waals surface area contributed by atoms with Crippen molar-refractivity contribution >= 4 is 0 Å². The maximum absolute atomic E-state index is 8.78. The zero-order valence-electron chi connectivity index (χ0n) is 11.5. The molecule has 0 aliphatic heterocycles. The molecule has 3 heteroatoms. The molecule has 98 valence electrons. The maximum atomic E-state index is 8.78. The Morgan fingerprint density at radius 2 is 2.06 bits per heavy atom. The number of nitrogens with zero attached hydrogens (tertiary/aromatic N) is 1. The first-order valence-electron chi connectivity index (χ1n) is 6.35. The van der Waals surface area contributed by atoms with Crippen LogP contribution in [0.25, 0.3) is 0 Å². The highest BCUT2D eigenvalue weighted by molar-refractivity contribution is 5.35. The molecule has 0 bridgehead atoms. The summed E-state index contributed by atoms with van der Waals surface area (Å²) in [4.78, 5) is 0. The molecule has 1 aromatic carbocycles. The minimum absolute atomic E-state index is 0.672. The van der Waals surface area contributed by atoms with Crippen molar-refractivity contribution in [3.63, 3.8) is 0 Å². The summed E-state index contributed by atoms with van der Waals surface area (Å²) in [5.41, 5.74) is 7.45. The second-order valence-corrected chi connectivity index (χ2v) is 5.10. The largest absolute Gasteiger partial charge is 0.493 e. The Balaban J connectivity index is 2.29. The van der Waals surface area contributed by atoms with E-state index in [2.05, 4.69) is 32.0 Å². The number of benzene rings is 1. The van der Waals surface area contributed by atoms with Gasteiger partial charge in [-0.05, 0) is 51.7 Å². The van der Waals surface area contributed by atoms with E-state index in [9.17, 15) is 0 Å². The normalized spacial score (nSPS) is 13.7. The van der Waals surface area contributed by atoms with Crippen molar-refractivity contribution in [1.82, 2.24) is 0 Å². The van der Waals surface area contributed by atoms with Crippen molar-refractivity contribution < 1.29 is 4.74 Å². The Hall–Kier alpha value is -1.53. The minimum Gasteiger partial charge on any atom is -0.493 e. The highest BCUT2D eigenvalue weighted by atomic mass is 16.5. The Morgan fingerprint density at radius 3 is 2.67 bits per heavy atom. The van der Waals surface area contributed by atoms with E-state index < -0.39 is 5.54 Å². The van der Waals surface area contributed by atoms with Crippen LogP contribution in [-0.2, 0) is 0 Å². The number of aryl methyl sites for hydroxylation is 2. The standard InChI is InChI=1S/C15H22N2O/c1-12-6-7-14(13(2)10-12)18-9-5-4-8-15(3,17)11-16/h6-7,10H,4-5,8-9,17H2,1-3H3. The average Bonchev–Trinajstić information content (AvgIpc) is 2.31. The van der Waals surface area contributed by atoms with E-state index in [1.54, 1.807) is 6.92 Å². The molecule has 2 N–H and O–H groups in total. The molecule has 0 radical (unpaired) electrons. The van der Waals surface area contributed by atoms with Crippen LogP contribution in [0.3, 0.4) is 0 Å². The van der Waals surface area contributed by atoms with Crippen LogP contribution in [0.5, 0.6) is 5.75 Å². The van der Waals surface area contributed by atoms with Crippen LogP contribution in [0.2, 0.25) is 0 Å². The summed E-state index contributed by atoms with van der Waals surface area (Å²) in [5, 5.41) is 8.78. The van der Waals surface area contributed by atoms with Gasteiger partial charge in [0.1, 0.15) is 11.3 Å². The van der Waals surface area contributed by atoms with Crippen LogP contribution in [0.15, 0.2) is 18.2 Å². The third-order valence-electron chi connectivity index (χ3n) is 2.93. The maximum Gasteiger partial charge on any atom is 0.122 e. The van der Waals surface area contributed by atoms with Gasteiger partial charge in [-0.3, -0.25) is 0 Å². The fourth-order valence-corrected chi connectivity index (χ4v) is 1.79. The van der Waals surface area contributed by atoms with E-state index in [0.717, 1.165) is 24.2 Å². The first kappa shape index (κ1) is 14.5. The Morgan fingerprint density at radius 1 is 1.33 bits per heavy atom. The third kappa shape index (κ3) is 4.77. The quantitative estimate of drug-likeness (QED) is 0.785. The van der Waals surface area contributed by atoms with Gasteiger partial charge in [0.25, 0.3) is 0 Å². The minimum atomic E-state index is -0.709. The Labute approximate surface area is 110 Å². The Kier molecular flexibility index (Phi) is 5.18. The predicted octanol–water partition coefficient (Wildman–Crippen LogP) is 3.09. The molecule has 0 spiro atoms. The van der Waals surface area contributed by atoms with E-state index in [4.69, 9.17) is 15.7 Å². The molecule has 1 atom stereocenters. The molecular formula is C15H22N2O. The molecule has 0 saturated heterocycles. The van der Waals surface area contributed by atoms with Crippen molar-refractivity contribution in [3.8, 4) is 11.8 Å². The van der Waals surface area contributed by atoms with Crippen molar-refractivity contribution in [3.05, 3.63) is 29.3 Å². The molecule has 3 nitrogen and oxygen atoms in total. The molecule has 0 fully saturated rings. The van der Waals surface area contributed by atoms with Gasteiger partial charge in [-0.25, -0.2) is 0 Å².